The van der Waals surface area contributed by atoms with Crippen LogP contribution in [0.2, 0.25) is 0 Å². The van der Waals surface area contributed by atoms with Gasteiger partial charge in [0.2, 0.25) is 0 Å². The van der Waals surface area contributed by atoms with E-state index < -0.39 is 0 Å². The second-order valence-corrected chi connectivity index (χ2v) is 4.27. The standard InChI is InChI=1S/C10H15N3O2S/c1-7(9(14)15-4)5-6-16-10-12-11-8(2)13(10)3/h5H,6H2,1-4H3. The molecule has 0 radical (unpaired) electrons. The van der Waals surface area contributed by atoms with Crippen molar-refractivity contribution in [1.29, 1.82) is 0 Å². The van der Waals surface area contributed by atoms with E-state index in [1.807, 2.05) is 24.6 Å². The Morgan fingerprint density at radius 2 is 2.25 bits per heavy atom. The van der Waals surface area contributed by atoms with E-state index in [0.717, 1.165) is 11.0 Å². The van der Waals surface area contributed by atoms with Gasteiger partial charge in [-0.1, -0.05) is 17.8 Å². The first-order valence-corrected chi connectivity index (χ1v) is 5.78. The summed E-state index contributed by atoms with van der Waals surface area (Å²) >= 11 is 1.53. The van der Waals surface area contributed by atoms with Gasteiger partial charge < -0.3 is 9.30 Å². The number of ether oxygens (including phenoxy) is 1. The van der Waals surface area contributed by atoms with Gasteiger partial charge in [0.1, 0.15) is 5.82 Å². The van der Waals surface area contributed by atoms with Crippen molar-refractivity contribution in [3.8, 4) is 0 Å². The molecule has 0 fully saturated rings. The van der Waals surface area contributed by atoms with Gasteiger partial charge in [-0.3, -0.25) is 0 Å². The van der Waals surface area contributed by atoms with E-state index in [1.165, 1.54) is 18.9 Å². The van der Waals surface area contributed by atoms with E-state index in [1.54, 1.807) is 6.92 Å². The second-order valence-electron chi connectivity index (χ2n) is 3.28. The third-order valence-electron chi connectivity index (χ3n) is 2.16. The van der Waals surface area contributed by atoms with Crippen LogP contribution in [0.1, 0.15) is 12.7 Å². The van der Waals surface area contributed by atoms with Gasteiger partial charge in [-0.15, -0.1) is 10.2 Å². The lowest BCUT2D eigenvalue weighted by molar-refractivity contribution is -0.136. The number of aromatic nitrogens is 3. The van der Waals surface area contributed by atoms with Crippen LogP contribution in [0.15, 0.2) is 16.8 Å². The molecule has 0 saturated carbocycles. The number of aryl methyl sites for hydroxylation is 1. The van der Waals surface area contributed by atoms with Crippen LogP contribution in [0.3, 0.4) is 0 Å². The molecule has 0 N–H and O–H groups in total. The number of hydrogen-bond acceptors (Lipinski definition) is 5. The maximum atomic E-state index is 11.1. The molecule has 0 spiro atoms. The fraction of sp³-hybridized carbons (Fsp3) is 0.500. The molecule has 0 aromatic carbocycles. The lowest BCUT2D eigenvalue weighted by atomic mass is 10.3. The summed E-state index contributed by atoms with van der Waals surface area (Å²) < 4.78 is 6.50. The summed E-state index contributed by atoms with van der Waals surface area (Å²) in [6.07, 6.45) is 1.82. The molecule has 0 aliphatic carbocycles. The van der Waals surface area contributed by atoms with Crippen LogP contribution < -0.4 is 0 Å². The van der Waals surface area contributed by atoms with Gasteiger partial charge >= 0.3 is 5.97 Å². The van der Waals surface area contributed by atoms with Crippen molar-refractivity contribution in [2.75, 3.05) is 12.9 Å². The number of rotatable bonds is 4. The lowest BCUT2D eigenvalue weighted by Crippen LogP contribution is -2.01. The van der Waals surface area contributed by atoms with Crippen LogP contribution in [0.4, 0.5) is 0 Å². The Hall–Kier alpha value is -1.30. The van der Waals surface area contributed by atoms with E-state index in [4.69, 9.17) is 0 Å². The summed E-state index contributed by atoms with van der Waals surface area (Å²) in [5, 5.41) is 8.79. The quantitative estimate of drug-likeness (QED) is 0.452. The minimum Gasteiger partial charge on any atom is -0.466 e. The molecule has 16 heavy (non-hydrogen) atoms. The number of methoxy groups -OCH3 is 1. The summed E-state index contributed by atoms with van der Waals surface area (Å²) in [4.78, 5) is 11.1. The van der Waals surface area contributed by atoms with Crippen molar-refractivity contribution in [2.45, 2.75) is 19.0 Å². The molecule has 0 unspecified atom stereocenters. The normalized spacial score (nSPS) is 11.6. The van der Waals surface area contributed by atoms with Crippen LogP contribution in [0, 0.1) is 6.92 Å². The first kappa shape index (κ1) is 12.8. The highest BCUT2D eigenvalue weighted by molar-refractivity contribution is 7.99. The highest BCUT2D eigenvalue weighted by Crippen LogP contribution is 2.15. The number of carbonyl (C=O) groups is 1. The predicted octanol–water partition coefficient (Wildman–Crippen LogP) is 1.33. The molecular formula is C10H15N3O2S. The van der Waals surface area contributed by atoms with E-state index in [2.05, 4.69) is 14.9 Å². The largest absolute Gasteiger partial charge is 0.466 e. The number of thioether (sulfide) groups is 1. The second kappa shape index (κ2) is 5.69. The SMILES string of the molecule is COC(=O)C(C)=CCSc1nnc(C)n1C. The Kier molecular flexibility index (Phi) is 4.54. The molecule has 0 aliphatic rings. The van der Waals surface area contributed by atoms with Gasteiger partial charge in [-0.05, 0) is 13.8 Å². The summed E-state index contributed by atoms with van der Waals surface area (Å²) in [7, 11) is 3.29. The minimum absolute atomic E-state index is 0.297. The van der Waals surface area contributed by atoms with Crippen molar-refractivity contribution in [1.82, 2.24) is 14.8 Å². The van der Waals surface area contributed by atoms with E-state index in [0.29, 0.717) is 11.3 Å². The minimum atomic E-state index is -0.297. The third-order valence-corrected chi connectivity index (χ3v) is 3.11. The smallest absolute Gasteiger partial charge is 0.333 e. The number of hydrogen-bond donors (Lipinski definition) is 0. The molecule has 0 atom stereocenters. The Labute approximate surface area is 98.9 Å². The van der Waals surface area contributed by atoms with Crippen molar-refractivity contribution >= 4 is 17.7 Å². The Bertz CT molecular complexity index is 412. The molecule has 1 aromatic heterocycles. The summed E-state index contributed by atoms with van der Waals surface area (Å²) in [5.41, 5.74) is 0.605. The van der Waals surface area contributed by atoms with Crippen LogP contribution >= 0.6 is 11.8 Å². The van der Waals surface area contributed by atoms with Gasteiger partial charge in [-0.2, -0.15) is 0 Å². The molecule has 6 heteroatoms. The van der Waals surface area contributed by atoms with Crippen molar-refractivity contribution in [2.24, 2.45) is 7.05 Å². The topological polar surface area (TPSA) is 57.0 Å². The molecule has 1 rings (SSSR count). The third kappa shape index (κ3) is 3.10. The molecule has 0 amide bonds. The molecule has 1 heterocycles. The number of nitrogens with zero attached hydrogens (tertiary/aromatic N) is 3. The van der Waals surface area contributed by atoms with Crippen molar-refractivity contribution in [3.05, 3.63) is 17.5 Å². The van der Waals surface area contributed by atoms with Gasteiger partial charge in [0, 0.05) is 18.4 Å². The van der Waals surface area contributed by atoms with E-state index in [9.17, 15) is 4.79 Å². The fourth-order valence-corrected chi connectivity index (χ4v) is 1.91. The maximum absolute atomic E-state index is 11.1. The van der Waals surface area contributed by atoms with Crippen molar-refractivity contribution < 1.29 is 9.53 Å². The van der Waals surface area contributed by atoms with Gasteiger partial charge in [0.05, 0.1) is 7.11 Å². The molecule has 0 bridgehead atoms. The van der Waals surface area contributed by atoms with E-state index >= 15 is 0 Å². The molecular weight excluding hydrogens is 226 g/mol. The summed E-state index contributed by atoms with van der Waals surface area (Å²) in [5.74, 6) is 1.25. The van der Waals surface area contributed by atoms with E-state index in [-0.39, 0.29) is 5.97 Å². The zero-order valence-corrected chi connectivity index (χ0v) is 10.7. The maximum Gasteiger partial charge on any atom is 0.333 e. The highest BCUT2D eigenvalue weighted by Gasteiger charge is 2.05. The summed E-state index contributed by atoms with van der Waals surface area (Å²) in [6.45, 7) is 3.63. The molecule has 0 aliphatic heterocycles. The first-order chi connectivity index (χ1) is 7.56. The average Bonchev–Trinajstić information content (AvgIpc) is 2.59. The van der Waals surface area contributed by atoms with Crippen LogP contribution in [0.5, 0.6) is 0 Å². The predicted molar refractivity (Wildman–Crippen MR) is 62.2 cm³/mol. The Morgan fingerprint density at radius 1 is 1.56 bits per heavy atom. The van der Waals surface area contributed by atoms with Crippen molar-refractivity contribution in [3.63, 3.8) is 0 Å². The number of esters is 1. The molecule has 88 valence electrons. The zero-order chi connectivity index (χ0) is 12.1. The average molecular weight is 241 g/mol. The van der Waals surface area contributed by atoms with Crippen LogP contribution in [-0.4, -0.2) is 33.6 Å². The van der Waals surface area contributed by atoms with Crippen LogP contribution in [-0.2, 0) is 16.6 Å². The zero-order valence-electron chi connectivity index (χ0n) is 9.85. The van der Waals surface area contributed by atoms with Gasteiger partial charge in [0.15, 0.2) is 5.16 Å². The molecule has 1 aromatic rings. The first-order valence-electron chi connectivity index (χ1n) is 4.80. The monoisotopic (exact) mass is 241 g/mol. The lowest BCUT2D eigenvalue weighted by Gasteiger charge is -2.00. The van der Waals surface area contributed by atoms with Gasteiger partial charge in [-0.25, -0.2) is 4.79 Å². The van der Waals surface area contributed by atoms with Gasteiger partial charge in [0.25, 0.3) is 0 Å². The fourth-order valence-electron chi connectivity index (χ4n) is 0.999. The molecule has 0 saturated heterocycles. The number of carbonyl (C=O) groups excluding carboxylic acids is 1. The highest BCUT2D eigenvalue weighted by atomic mass is 32.2. The molecule has 5 nitrogen and oxygen atoms in total. The van der Waals surface area contributed by atoms with Crippen LogP contribution in [0.25, 0.3) is 0 Å². The Balaban J connectivity index is 2.53. The Morgan fingerprint density at radius 3 is 2.75 bits per heavy atom. The summed E-state index contributed by atoms with van der Waals surface area (Å²) in [6, 6.07) is 0.